The Hall–Kier alpha value is -1.81. The molecule has 2 aromatic rings. The van der Waals surface area contributed by atoms with E-state index in [4.69, 9.17) is 16.3 Å². The van der Waals surface area contributed by atoms with Crippen molar-refractivity contribution in [3.8, 4) is 5.75 Å². The van der Waals surface area contributed by atoms with Crippen LogP contribution >= 0.6 is 11.6 Å². The summed E-state index contributed by atoms with van der Waals surface area (Å²) in [7, 11) is 0. The van der Waals surface area contributed by atoms with Gasteiger partial charge in [0.2, 0.25) is 0 Å². The van der Waals surface area contributed by atoms with E-state index in [9.17, 15) is 4.79 Å². The number of nitrogens with zero attached hydrogens (tertiary/aromatic N) is 1. The van der Waals surface area contributed by atoms with Gasteiger partial charge in [0.15, 0.2) is 6.61 Å². The van der Waals surface area contributed by atoms with Gasteiger partial charge < -0.3 is 10.1 Å². The summed E-state index contributed by atoms with van der Waals surface area (Å²) >= 11 is 6.09. The van der Waals surface area contributed by atoms with Gasteiger partial charge in [0, 0.05) is 18.1 Å². The monoisotopic (exact) mass is 278 g/mol. The highest BCUT2D eigenvalue weighted by Gasteiger charge is 2.08. The Morgan fingerprint density at radius 1 is 1.42 bits per heavy atom. The fourth-order valence-electron chi connectivity index (χ4n) is 1.69. The van der Waals surface area contributed by atoms with Gasteiger partial charge in [-0.1, -0.05) is 18.5 Å². The molecule has 0 aliphatic heterocycles. The Bertz CT molecular complexity index is 587. The largest absolute Gasteiger partial charge is 0.481 e. The number of aromatic nitrogens is 1. The number of fused-ring (bicyclic) bond motifs is 1. The summed E-state index contributed by atoms with van der Waals surface area (Å²) < 4.78 is 5.50. The maximum Gasteiger partial charge on any atom is 0.257 e. The molecule has 1 amide bonds. The van der Waals surface area contributed by atoms with Gasteiger partial charge in [0.1, 0.15) is 11.3 Å². The van der Waals surface area contributed by atoms with Crippen LogP contribution < -0.4 is 10.1 Å². The van der Waals surface area contributed by atoms with Crippen LogP contribution in [0.1, 0.15) is 13.3 Å². The second-order valence-corrected chi connectivity index (χ2v) is 4.49. The third-order valence-corrected chi connectivity index (χ3v) is 2.94. The molecule has 0 saturated heterocycles. The molecule has 0 aliphatic carbocycles. The Balaban J connectivity index is 2.13. The van der Waals surface area contributed by atoms with Crippen molar-refractivity contribution in [2.24, 2.45) is 0 Å². The highest BCUT2D eigenvalue weighted by atomic mass is 35.5. The SMILES string of the molecule is CCCNC(=O)COc1ccc(Cl)c2cccnc12. The van der Waals surface area contributed by atoms with E-state index in [0.717, 1.165) is 11.8 Å². The first-order chi connectivity index (χ1) is 9.22. The van der Waals surface area contributed by atoms with Gasteiger partial charge in [0.25, 0.3) is 5.91 Å². The third-order valence-electron chi connectivity index (χ3n) is 2.61. The van der Waals surface area contributed by atoms with Crippen molar-refractivity contribution in [3.05, 3.63) is 35.5 Å². The van der Waals surface area contributed by atoms with Crippen LogP contribution in [-0.2, 0) is 4.79 Å². The number of ether oxygens (including phenoxy) is 1. The van der Waals surface area contributed by atoms with Gasteiger partial charge in [-0.25, -0.2) is 0 Å². The van der Waals surface area contributed by atoms with Crippen LogP contribution in [0.5, 0.6) is 5.75 Å². The van der Waals surface area contributed by atoms with Crippen molar-refractivity contribution in [1.82, 2.24) is 10.3 Å². The molecular formula is C14H15ClN2O2. The number of rotatable bonds is 5. The molecule has 2 rings (SSSR count). The van der Waals surface area contributed by atoms with Crippen LogP contribution in [0.3, 0.4) is 0 Å². The fraction of sp³-hybridized carbons (Fsp3) is 0.286. The standard InChI is InChI=1S/C14H15ClN2O2/c1-2-7-16-13(18)9-19-12-6-5-11(15)10-4-3-8-17-14(10)12/h3-6,8H,2,7,9H2,1H3,(H,16,18). The number of nitrogens with one attached hydrogen (secondary N) is 1. The van der Waals surface area contributed by atoms with Crippen molar-refractivity contribution in [2.75, 3.05) is 13.2 Å². The van der Waals surface area contributed by atoms with E-state index in [1.165, 1.54) is 0 Å². The molecule has 0 unspecified atom stereocenters. The van der Waals surface area contributed by atoms with Crippen LogP contribution in [0, 0.1) is 0 Å². The van der Waals surface area contributed by atoms with E-state index in [-0.39, 0.29) is 12.5 Å². The lowest BCUT2D eigenvalue weighted by Crippen LogP contribution is -2.29. The Morgan fingerprint density at radius 3 is 3.05 bits per heavy atom. The van der Waals surface area contributed by atoms with Crippen molar-refractivity contribution >= 4 is 28.4 Å². The number of carbonyl (C=O) groups excluding carboxylic acids is 1. The average Bonchev–Trinajstić information content (AvgIpc) is 2.45. The number of benzene rings is 1. The molecule has 0 aliphatic rings. The van der Waals surface area contributed by atoms with Gasteiger partial charge in [-0.05, 0) is 30.7 Å². The molecule has 0 atom stereocenters. The number of halogens is 1. The van der Waals surface area contributed by atoms with E-state index in [0.29, 0.717) is 22.8 Å². The summed E-state index contributed by atoms with van der Waals surface area (Å²) in [6, 6.07) is 7.15. The van der Waals surface area contributed by atoms with E-state index >= 15 is 0 Å². The van der Waals surface area contributed by atoms with Gasteiger partial charge >= 0.3 is 0 Å². The zero-order valence-electron chi connectivity index (χ0n) is 10.6. The Morgan fingerprint density at radius 2 is 2.26 bits per heavy atom. The first-order valence-electron chi connectivity index (χ1n) is 6.15. The van der Waals surface area contributed by atoms with E-state index < -0.39 is 0 Å². The fourth-order valence-corrected chi connectivity index (χ4v) is 1.90. The molecule has 5 heteroatoms. The second-order valence-electron chi connectivity index (χ2n) is 4.08. The van der Waals surface area contributed by atoms with Crippen molar-refractivity contribution < 1.29 is 9.53 Å². The van der Waals surface area contributed by atoms with E-state index in [1.54, 1.807) is 18.3 Å². The van der Waals surface area contributed by atoms with Crippen molar-refractivity contribution in [3.63, 3.8) is 0 Å². The predicted molar refractivity (Wildman–Crippen MR) is 75.5 cm³/mol. The Labute approximate surface area is 116 Å². The molecule has 1 aromatic heterocycles. The normalized spacial score (nSPS) is 10.4. The molecule has 0 saturated carbocycles. The molecule has 0 fully saturated rings. The lowest BCUT2D eigenvalue weighted by Gasteiger charge is -2.09. The molecule has 1 N–H and O–H groups in total. The Kier molecular flexibility index (Phi) is 4.58. The average molecular weight is 279 g/mol. The minimum absolute atomic E-state index is 0.0205. The van der Waals surface area contributed by atoms with E-state index in [1.807, 2.05) is 19.1 Å². The summed E-state index contributed by atoms with van der Waals surface area (Å²) in [6.45, 7) is 2.63. The summed E-state index contributed by atoms with van der Waals surface area (Å²) in [5.74, 6) is 0.424. The number of hydrogen-bond donors (Lipinski definition) is 1. The lowest BCUT2D eigenvalue weighted by molar-refractivity contribution is -0.123. The number of amides is 1. The molecule has 0 bridgehead atoms. The second kappa shape index (κ2) is 6.38. The highest BCUT2D eigenvalue weighted by Crippen LogP contribution is 2.29. The van der Waals surface area contributed by atoms with Crippen LogP contribution in [0.2, 0.25) is 5.02 Å². The number of pyridine rings is 1. The molecular weight excluding hydrogens is 264 g/mol. The van der Waals surface area contributed by atoms with Gasteiger partial charge in [-0.3, -0.25) is 9.78 Å². The molecule has 1 aromatic carbocycles. The summed E-state index contributed by atoms with van der Waals surface area (Å²) in [5.41, 5.74) is 0.665. The first-order valence-corrected chi connectivity index (χ1v) is 6.53. The van der Waals surface area contributed by atoms with Crippen molar-refractivity contribution in [2.45, 2.75) is 13.3 Å². The zero-order valence-corrected chi connectivity index (χ0v) is 11.4. The third kappa shape index (κ3) is 3.35. The first kappa shape index (κ1) is 13.6. The van der Waals surface area contributed by atoms with Crippen LogP contribution in [-0.4, -0.2) is 24.0 Å². The van der Waals surface area contributed by atoms with Gasteiger partial charge in [-0.2, -0.15) is 0 Å². The van der Waals surface area contributed by atoms with Crippen LogP contribution in [0.4, 0.5) is 0 Å². The van der Waals surface area contributed by atoms with Crippen LogP contribution in [0.25, 0.3) is 10.9 Å². The van der Waals surface area contributed by atoms with Crippen LogP contribution in [0.15, 0.2) is 30.5 Å². The predicted octanol–water partition coefficient (Wildman–Crippen LogP) is 2.79. The number of hydrogen-bond acceptors (Lipinski definition) is 3. The molecule has 100 valence electrons. The van der Waals surface area contributed by atoms with Gasteiger partial charge in [-0.15, -0.1) is 0 Å². The lowest BCUT2D eigenvalue weighted by atomic mass is 10.2. The van der Waals surface area contributed by atoms with Gasteiger partial charge in [0.05, 0.1) is 5.02 Å². The van der Waals surface area contributed by atoms with Crippen molar-refractivity contribution in [1.29, 1.82) is 0 Å². The zero-order chi connectivity index (χ0) is 13.7. The maximum absolute atomic E-state index is 11.5. The molecule has 4 nitrogen and oxygen atoms in total. The highest BCUT2D eigenvalue weighted by molar-refractivity contribution is 6.35. The molecule has 1 heterocycles. The number of carbonyl (C=O) groups is 1. The topological polar surface area (TPSA) is 51.2 Å². The summed E-state index contributed by atoms with van der Waals surface area (Å²) in [6.07, 6.45) is 2.57. The smallest absolute Gasteiger partial charge is 0.257 e. The quantitative estimate of drug-likeness (QED) is 0.915. The maximum atomic E-state index is 11.5. The molecule has 19 heavy (non-hydrogen) atoms. The minimum Gasteiger partial charge on any atom is -0.481 e. The molecule has 0 spiro atoms. The minimum atomic E-state index is -0.138. The molecule has 0 radical (unpaired) electrons. The van der Waals surface area contributed by atoms with E-state index in [2.05, 4.69) is 10.3 Å². The summed E-state index contributed by atoms with van der Waals surface area (Å²) in [4.78, 5) is 15.7. The summed E-state index contributed by atoms with van der Waals surface area (Å²) in [5, 5.41) is 4.18.